The van der Waals surface area contributed by atoms with E-state index in [9.17, 15) is 4.79 Å². The van der Waals surface area contributed by atoms with Crippen LogP contribution in [0.4, 0.5) is 0 Å². The zero-order chi connectivity index (χ0) is 13.8. The third kappa shape index (κ3) is 5.21. The summed E-state index contributed by atoms with van der Waals surface area (Å²) < 4.78 is 10.2. The number of Topliss-reactive ketones (excluding diaryl/α,β-unsaturated/α-hetero) is 1. The summed E-state index contributed by atoms with van der Waals surface area (Å²) in [6.45, 7) is 3.48. The molecule has 4 nitrogen and oxygen atoms in total. The molecule has 0 radical (unpaired) electrons. The quantitative estimate of drug-likeness (QED) is 0.524. The molecule has 0 aliphatic rings. The number of carbonyl (C=O) groups excluding carboxylic acids is 1. The van der Waals surface area contributed by atoms with Gasteiger partial charge in [0.1, 0.15) is 0 Å². The third-order valence-corrected chi connectivity index (χ3v) is 2.14. The first-order chi connectivity index (χ1) is 8.37. The van der Waals surface area contributed by atoms with Gasteiger partial charge < -0.3 is 15.2 Å². The van der Waals surface area contributed by atoms with Crippen molar-refractivity contribution in [2.45, 2.75) is 19.4 Å². The fourth-order valence-electron chi connectivity index (χ4n) is 1.27. The summed E-state index contributed by atoms with van der Waals surface area (Å²) in [6, 6.07) is 4.91. The summed E-state index contributed by atoms with van der Waals surface area (Å²) in [5.74, 6) is 5.98. The molecule has 0 aromatic heterocycles. The van der Waals surface area contributed by atoms with Gasteiger partial charge in [0.05, 0.1) is 19.8 Å². The molecule has 0 saturated carbocycles. The molecule has 0 spiro atoms. The molecule has 0 aliphatic heterocycles. The van der Waals surface area contributed by atoms with E-state index in [-0.39, 0.29) is 18.2 Å². The molecule has 1 aromatic rings. The summed E-state index contributed by atoms with van der Waals surface area (Å²) in [4.78, 5) is 11.8. The maximum atomic E-state index is 11.8. The molecule has 0 amide bonds. The minimum atomic E-state index is -0.688. The highest BCUT2D eigenvalue weighted by atomic mass is 35.5. The number of nitrogens with two attached hydrogens (primary N) is 1. The monoisotopic (exact) mass is 283 g/mol. The number of benzene rings is 1. The maximum absolute atomic E-state index is 11.8. The standard InChI is InChI=1S/C14H17NO3.ClH/c1-14(2,15)8-7-11(16)10-5-6-12(17-3)13(9-10)18-4;/h5-6,9H,15H2,1-4H3;1H. The molecule has 2 N–H and O–H groups in total. The number of halogens is 1. The summed E-state index contributed by atoms with van der Waals surface area (Å²) in [6.07, 6.45) is 0. The molecule has 1 aromatic carbocycles. The Morgan fingerprint density at radius 1 is 1.21 bits per heavy atom. The molecule has 0 fully saturated rings. The fourth-order valence-corrected chi connectivity index (χ4v) is 1.27. The Kier molecular flexibility index (Phi) is 6.40. The van der Waals surface area contributed by atoms with E-state index in [2.05, 4.69) is 11.8 Å². The van der Waals surface area contributed by atoms with Crippen LogP contribution in [-0.4, -0.2) is 25.5 Å². The van der Waals surface area contributed by atoms with Crippen LogP contribution >= 0.6 is 12.4 Å². The van der Waals surface area contributed by atoms with Crippen molar-refractivity contribution in [3.8, 4) is 23.3 Å². The summed E-state index contributed by atoms with van der Waals surface area (Å²) >= 11 is 0. The second-order valence-electron chi connectivity index (χ2n) is 4.37. The molecule has 5 heteroatoms. The lowest BCUT2D eigenvalue weighted by atomic mass is 10.1. The molecule has 0 heterocycles. The van der Waals surface area contributed by atoms with E-state index in [4.69, 9.17) is 15.2 Å². The molecular formula is C14H18ClNO3. The van der Waals surface area contributed by atoms with Gasteiger partial charge >= 0.3 is 0 Å². The van der Waals surface area contributed by atoms with Crippen LogP contribution in [0, 0.1) is 11.8 Å². The van der Waals surface area contributed by atoms with E-state index < -0.39 is 5.54 Å². The van der Waals surface area contributed by atoms with Gasteiger partial charge in [0, 0.05) is 5.56 Å². The zero-order valence-electron chi connectivity index (χ0n) is 11.4. The zero-order valence-corrected chi connectivity index (χ0v) is 12.3. The topological polar surface area (TPSA) is 61.5 Å². The van der Waals surface area contributed by atoms with Crippen LogP contribution in [0.3, 0.4) is 0 Å². The minimum Gasteiger partial charge on any atom is -0.493 e. The van der Waals surface area contributed by atoms with Crippen LogP contribution < -0.4 is 15.2 Å². The van der Waals surface area contributed by atoms with Gasteiger partial charge in [-0.25, -0.2) is 0 Å². The Hall–Kier alpha value is -1.70. The van der Waals surface area contributed by atoms with Gasteiger partial charge in [-0.15, -0.1) is 12.4 Å². The Morgan fingerprint density at radius 3 is 2.26 bits per heavy atom. The highest BCUT2D eigenvalue weighted by molar-refractivity contribution is 6.09. The van der Waals surface area contributed by atoms with Gasteiger partial charge in [0.2, 0.25) is 5.78 Å². The van der Waals surface area contributed by atoms with E-state index in [0.717, 1.165) is 0 Å². The predicted octanol–water partition coefficient (Wildman–Crippen LogP) is 2.05. The number of hydrogen-bond donors (Lipinski definition) is 1. The Bertz CT molecular complexity index is 510. The van der Waals surface area contributed by atoms with E-state index in [1.165, 1.54) is 14.2 Å². The SMILES string of the molecule is COc1ccc(C(=O)C#CC(C)(C)N)cc1OC.Cl. The van der Waals surface area contributed by atoms with Crippen LogP contribution in [-0.2, 0) is 0 Å². The number of hydrogen-bond acceptors (Lipinski definition) is 4. The Morgan fingerprint density at radius 2 is 1.79 bits per heavy atom. The highest BCUT2D eigenvalue weighted by Gasteiger charge is 2.10. The van der Waals surface area contributed by atoms with Gasteiger partial charge in [0.25, 0.3) is 0 Å². The number of carbonyl (C=O) groups is 1. The molecule has 0 bridgehead atoms. The minimum absolute atomic E-state index is 0. The molecule has 19 heavy (non-hydrogen) atoms. The van der Waals surface area contributed by atoms with Crippen LogP contribution in [0.2, 0.25) is 0 Å². The molecular weight excluding hydrogens is 266 g/mol. The van der Waals surface area contributed by atoms with Crippen LogP contribution in [0.5, 0.6) is 11.5 Å². The molecule has 0 aliphatic carbocycles. The lowest BCUT2D eigenvalue weighted by Crippen LogP contribution is -2.29. The fraction of sp³-hybridized carbons (Fsp3) is 0.357. The maximum Gasteiger partial charge on any atom is 0.236 e. The number of methoxy groups -OCH3 is 2. The summed E-state index contributed by atoms with van der Waals surface area (Å²) in [7, 11) is 3.05. The lowest BCUT2D eigenvalue weighted by molar-refractivity contribution is 0.105. The first-order valence-electron chi connectivity index (χ1n) is 5.46. The van der Waals surface area contributed by atoms with Crippen LogP contribution in [0.25, 0.3) is 0 Å². The van der Waals surface area contributed by atoms with Gasteiger partial charge in [-0.05, 0) is 38.0 Å². The van der Waals surface area contributed by atoms with Crippen molar-refractivity contribution < 1.29 is 14.3 Å². The van der Waals surface area contributed by atoms with Crippen molar-refractivity contribution in [1.29, 1.82) is 0 Å². The Labute approximate surface area is 119 Å². The molecule has 0 unspecified atom stereocenters. The van der Waals surface area contributed by atoms with E-state index in [1.54, 1.807) is 32.0 Å². The molecule has 1 rings (SSSR count). The second-order valence-corrected chi connectivity index (χ2v) is 4.37. The second kappa shape index (κ2) is 7.03. The van der Waals surface area contributed by atoms with E-state index in [0.29, 0.717) is 17.1 Å². The van der Waals surface area contributed by atoms with Crippen LogP contribution in [0.1, 0.15) is 24.2 Å². The van der Waals surface area contributed by atoms with E-state index >= 15 is 0 Å². The number of ketones is 1. The normalized spacial score (nSPS) is 9.74. The van der Waals surface area contributed by atoms with Crippen molar-refractivity contribution in [2.24, 2.45) is 5.73 Å². The average molecular weight is 284 g/mol. The predicted molar refractivity (Wildman–Crippen MR) is 77.2 cm³/mol. The van der Waals surface area contributed by atoms with Crippen molar-refractivity contribution in [1.82, 2.24) is 0 Å². The Balaban J connectivity index is 0.00000324. The lowest BCUT2D eigenvalue weighted by Gasteiger charge is -2.08. The van der Waals surface area contributed by atoms with Crippen molar-refractivity contribution in [3.05, 3.63) is 23.8 Å². The molecule has 0 saturated heterocycles. The largest absolute Gasteiger partial charge is 0.493 e. The van der Waals surface area contributed by atoms with Gasteiger partial charge in [-0.2, -0.15) is 0 Å². The van der Waals surface area contributed by atoms with Gasteiger partial charge in [-0.1, -0.05) is 5.92 Å². The number of rotatable bonds is 3. The summed E-state index contributed by atoms with van der Waals surface area (Å²) in [5.41, 5.74) is 5.45. The van der Waals surface area contributed by atoms with Gasteiger partial charge in [0.15, 0.2) is 11.5 Å². The highest BCUT2D eigenvalue weighted by Crippen LogP contribution is 2.27. The number of ether oxygens (including phenoxy) is 2. The van der Waals surface area contributed by atoms with E-state index in [1.807, 2.05) is 0 Å². The van der Waals surface area contributed by atoms with Crippen molar-refractivity contribution in [2.75, 3.05) is 14.2 Å². The van der Waals surface area contributed by atoms with Crippen LogP contribution in [0.15, 0.2) is 18.2 Å². The molecule has 0 atom stereocenters. The van der Waals surface area contributed by atoms with Crippen molar-refractivity contribution >= 4 is 18.2 Å². The average Bonchev–Trinajstić information content (AvgIpc) is 2.34. The van der Waals surface area contributed by atoms with Gasteiger partial charge in [-0.3, -0.25) is 4.79 Å². The van der Waals surface area contributed by atoms with Crippen molar-refractivity contribution in [3.63, 3.8) is 0 Å². The third-order valence-electron chi connectivity index (χ3n) is 2.14. The first-order valence-corrected chi connectivity index (χ1v) is 5.46. The molecule has 104 valence electrons. The first kappa shape index (κ1) is 17.3. The smallest absolute Gasteiger partial charge is 0.236 e. The summed E-state index contributed by atoms with van der Waals surface area (Å²) in [5, 5.41) is 0.